The number of hydrogen-bond donors (Lipinski definition) is 0. The third-order valence-corrected chi connectivity index (χ3v) is 7.25. The Labute approximate surface area is 191 Å². The maximum atomic E-state index is 13.2. The summed E-state index contributed by atoms with van der Waals surface area (Å²) in [5.74, 6) is 0. The van der Waals surface area contributed by atoms with Crippen LogP contribution in [-0.2, 0) is 19.0 Å². The van der Waals surface area contributed by atoms with Gasteiger partial charge in [0.05, 0.1) is 0 Å². The van der Waals surface area contributed by atoms with Crippen LogP contribution in [0.15, 0.2) is 54.9 Å². The van der Waals surface area contributed by atoms with Crippen LogP contribution in [0.25, 0.3) is 0 Å². The molecule has 0 saturated heterocycles. The summed E-state index contributed by atoms with van der Waals surface area (Å²) in [6.07, 6.45) is 1.67. The van der Waals surface area contributed by atoms with Crippen molar-refractivity contribution >= 4 is 48.6 Å². The summed E-state index contributed by atoms with van der Waals surface area (Å²) in [5, 5.41) is -0.108. The summed E-state index contributed by atoms with van der Waals surface area (Å²) < 4.78 is 55.9. The van der Waals surface area contributed by atoms with E-state index in [9.17, 15) is 16.5 Å². The Morgan fingerprint density at radius 1 is 1.00 bits per heavy atom. The predicted molar refractivity (Wildman–Crippen MR) is 111 cm³/mol. The first-order valence-electron chi connectivity index (χ1n) is 8.70. The van der Waals surface area contributed by atoms with Gasteiger partial charge in [0.1, 0.15) is 0 Å². The van der Waals surface area contributed by atoms with E-state index in [2.05, 4.69) is 0 Å². The van der Waals surface area contributed by atoms with Crippen LogP contribution in [0.5, 0.6) is 0 Å². The van der Waals surface area contributed by atoms with Crippen molar-refractivity contribution in [1.82, 2.24) is 9.80 Å². The SMILES string of the molecule is O=[SeH](=O)C1N(CC(OCc2ccc(Cl)cc2)c2ccc(Cl)cc2Cl)C=CN1C(F)F. The van der Waals surface area contributed by atoms with Gasteiger partial charge in [-0.3, -0.25) is 0 Å². The van der Waals surface area contributed by atoms with Crippen molar-refractivity contribution < 1.29 is 21.2 Å². The number of nitrogens with zero attached hydrogens (tertiary/aromatic N) is 2. The number of benzene rings is 2. The second kappa shape index (κ2) is 10.3. The van der Waals surface area contributed by atoms with Gasteiger partial charge in [0.15, 0.2) is 0 Å². The molecule has 1 aliphatic heterocycles. The van der Waals surface area contributed by atoms with E-state index in [4.69, 9.17) is 39.5 Å². The van der Waals surface area contributed by atoms with Crippen LogP contribution in [0.1, 0.15) is 17.2 Å². The summed E-state index contributed by atoms with van der Waals surface area (Å²) >= 11 is 14.2. The monoisotopic (exact) mass is 544 g/mol. The molecule has 0 fully saturated rings. The molecule has 30 heavy (non-hydrogen) atoms. The molecule has 2 unspecified atom stereocenters. The molecule has 0 spiro atoms. The maximum absolute atomic E-state index is 13.2. The summed E-state index contributed by atoms with van der Waals surface area (Å²) in [6.45, 7) is -2.77. The van der Waals surface area contributed by atoms with E-state index < -0.39 is 31.5 Å². The van der Waals surface area contributed by atoms with Crippen molar-refractivity contribution in [2.45, 2.75) is 24.3 Å². The van der Waals surface area contributed by atoms with Gasteiger partial charge in [0, 0.05) is 0 Å². The Hall–Kier alpha value is -1.41. The summed E-state index contributed by atoms with van der Waals surface area (Å²) in [4.78, 5) is 1.81. The van der Waals surface area contributed by atoms with E-state index in [1.54, 1.807) is 42.5 Å². The van der Waals surface area contributed by atoms with Crippen molar-refractivity contribution in [2.75, 3.05) is 6.54 Å². The van der Waals surface area contributed by atoms with Crippen LogP contribution < -0.4 is 0 Å². The first-order valence-corrected chi connectivity index (χ1v) is 12.5. The molecular formula is C19H17Cl3F2N2O3Se. The fraction of sp³-hybridized carbons (Fsp3) is 0.263. The second-order valence-electron chi connectivity index (χ2n) is 6.44. The number of halogens is 5. The van der Waals surface area contributed by atoms with Crippen molar-refractivity contribution in [2.24, 2.45) is 0 Å². The molecule has 0 bridgehead atoms. The third-order valence-electron chi connectivity index (χ3n) is 4.46. The average molecular weight is 545 g/mol. The van der Waals surface area contributed by atoms with Crippen LogP contribution in [0.3, 0.4) is 0 Å². The van der Waals surface area contributed by atoms with Crippen molar-refractivity contribution in [1.29, 1.82) is 0 Å². The second-order valence-corrected chi connectivity index (χ2v) is 9.89. The zero-order chi connectivity index (χ0) is 21.8. The summed E-state index contributed by atoms with van der Waals surface area (Å²) in [7, 11) is 0. The van der Waals surface area contributed by atoms with Crippen LogP contribution in [0.2, 0.25) is 15.1 Å². The Kier molecular flexibility index (Phi) is 7.96. The minimum absolute atomic E-state index is 0.00490. The van der Waals surface area contributed by atoms with Crippen LogP contribution in [0, 0.1) is 0 Å². The van der Waals surface area contributed by atoms with E-state index in [-0.39, 0.29) is 13.2 Å². The van der Waals surface area contributed by atoms with Crippen molar-refractivity contribution in [3.05, 3.63) is 81.1 Å². The number of alkyl halides is 2. The van der Waals surface area contributed by atoms with E-state index in [0.717, 1.165) is 11.8 Å². The number of ether oxygens (including phenoxy) is 1. The van der Waals surface area contributed by atoms with Gasteiger partial charge in [0.2, 0.25) is 0 Å². The molecule has 0 aromatic heterocycles. The fourth-order valence-electron chi connectivity index (χ4n) is 3.01. The van der Waals surface area contributed by atoms with Crippen LogP contribution in [-0.4, -0.2) is 41.7 Å². The van der Waals surface area contributed by atoms with Crippen molar-refractivity contribution in [3.8, 4) is 0 Å². The van der Waals surface area contributed by atoms with E-state index in [1.807, 2.05) is 0 Å². The Balaban J connectivity index is 1.85. The van der Waals surface area contributed by atoms with Gasteiger partial charge < -0.3 is 0 Å². The Morgan fingerprint density at radius 3 is 2.27 bits per heavy atom. The third kappa shape index (κ3) is 5.63. The van der Waals surface area contributed by atoms with E-state index in [1.165, 1.54) is 11.1 Å². The molecular weight excluding hydrogens is 528 g/mol. The Bertz CT molecular complexity index is 981. The average Bonchev–Trinajstić information content (AvgIpc) is 3.11. The molecule has 2 aromatic rings. The van der Waals surface area contributed by atoms with Gasteiger partial charge in [-0.1, -0.05) is 0 Å². The van der Waals surface area contributed by atoms with E-state index in [0.29, 0.717) is 25.5 Å². The predicted octanol–water partition coefficient (Wildman–Crippen LogP) is 5.16. The topological polar surface area (TPSA) is 49.9 Å². The first kappa shape index (κ1) is 23.3. The molecule has 5 nitrogen and oxygen atoms in total. The first-order chi connectivity index (χ1) is 14.3. The van der Waals surface area contributed by atoms with E-state index >= 15 is 0 Å². The van der Waals surface area contributed by atoms with Crippen LogP contribution in [0.4, 0.5) is 8.78 Å². The molecule has 0 saturated carbocycles. The molecule has 3 rings (SSSR count). The molecule has 2 aromatic carbocycles. The van der Waals surface area contributed by atoms with Gasteiger partial charge in [0.25, 0.3) is 0 Å². The molecule has 11 heteroatoms. The zero-order valence-electron chi connectivity index (χ0n) is 15.3. The fourth-order valence-corrected chi connectivity index (χ4v) is 5.36. The van der Waals surface area contributed by atoms with Gasteiger partial charge in [-0.05, 0) is 0 Å². The molecule has 1 heterocycles. The standard InChI is InChI=1S/C19H17Cl3F2N2O3Se/c20-13-3-1-12(2-4-13)11-29-17(15-6-5-14(21)9-16(15)22)10-25-7-8-26(18(23)24)19(25)30(27)28/h1-9,17-19,30H,10-11H2. The molecule has 2 atom stereocenters. The molecule has 162 valence electrons. The molecule has 0 radical (unpaired) electrons. The zero-order valence-corrected chi connectivity index (χ0v) is 19.4. The molecule has 0 aliphatic carbocycles. The Morgan fingerprint density at radius 2 is 1.67 bits per heavy atom. The molecule has 1 aliphatic rings. The van der Waals surface area contributed by atoms with Gasteiger partial charge in [-0.25, -0.2) is 0 Å². The van der Waals surface area contributed by atoms with Crippen LogP contribution >= 0.6 is 34.8 Å². The van der Waals surface area contributed by atoms with Crippen molar-refractivity contribution in [3.63, 3.8) is 0 Å². The van der Waals surface area contributed by atoms with Gasteiger partial charge >= 0.3 is 191 Å². The minimum atomic E-state index is -4.04. The number of hydrogen-bond acceptors (Lipinski definition) is 5. The van der Waals surface area contributed by atoms with Gasteiger partial charge in [-0.2, -0.15) is 0 Å². The molecule has 0 N–H and O–H groups in total. The summed E-state index contributed by atoms with van der Waals surface area (Å²) in [6, 6.07) is 11.9. The quantitative estimate of drug-likeness (QED) is 0.339. The molecule has 0 amide bonds. The summed E-state index contributed by atoms with van der Waals surface area (Å²) in [5.41, 5.74) is 1.39. The van der Waals surface area contributed by atoms with Gasteiger partial charge in [-0.15, -0.1) is 0 Å². The normalized spacial score (nSPS) is 17.4. The number of rotatable bonds is 8.